The molecule has 0 aromatic heterocycles. The largest absolute Gasteiger partial charge is 0.504 e. The number of phenols is 2. The number of nitrogens with one attached hydrogen (secondary N) is 1. The Morgan fingerprint density at radius 1 is 0.960 bits per heavy atom. The minimum Gasteiger partial charge on any atom is -0.504 e. The minimum atomic E-state index is -0.844. The maximum absolute atomic E-state index is 12.6. The van der Waals surface area contributed by atoms with Crippen molar-refractivity contribution in [2.45, 2.75) is 0 Å². The molecule has 1 saturated heterocycles. The first kappa shape index (κ1) is 16.7. The second kappa shape index (κ2) is 6.40. The monoisotopic (exact) mass is 402 g/mol. The van der Waals surface area contributed by atoms with E-state index in [4.69, 9.17) is 0 Å². The fourth-order valence-corrected chi connectivity index (χ4v) is 2.54. The molecule has 7 nitrogen and oxygen atoms in total. The molecule has 0 bridgehead atoms. The van der Waals surface area contributed by atoms with Crippen LogP contribution >= 0.6 is 15.9 Å². The zero-order valence-corrected chi connectivity index (χ0v) is 14.1. The minimum absolute atomic E-state index is 0.271. The first-order valence-electron chi connectivity index (χ1n) is 7.06. The van der Waals surface area contributed by atoms with E-state index in [0.717, 1.165) is 9.37 Å². The lowest BCUT2D eigenvalue weighted by Gasteiger charge is -2.26. The summed E-state index contributed by atoms with van der Waals surface area (Å²) in [5.41, 5.74) is 0.351. The average Bonchev–Trinajstić information content (AvgIpc) is 2.56. The molecule has 1 fully saturated rings. The molecule has 0 saturated carbocycles. The second-order valence-corrected chi connectivity index (χ2v) is 6.10. The summed E-state index contributed by atoms with van der Waals surface area (Å²) in [4.78, 5) is 37.6. The van der Waals surface area contributed by atoms with E-state index < -0.39 is 17.8 Å². The van der Waals surface area contributed by atoms with Gasteiger partial charge in [0.15, 0.2) is 11.5 Å². The SMILES string of the molecule is O=C1NC(=O)N(c2ccc(Br)cc2)C(=O)/C1=C/c1ccc(O)c(O)c1. The molecular weight excluding hydrogens is 392 g/mol. The van der Waals surface area contributed by atoms with Gasteiger partial charge in [-0.05, 0) is 48.0 Å². The summed E-state index contributed by atoms with van der Waals surface area (Å²) < 4.78 is 0.771. The molecule has 0 atom stereocenters. The maximum Gasteiger partial charge on any atom is 0.335 e. The van der Waals surface area contributed by atoms with E-state index in [-0.39, 0.29) is 17.1 Å². The van der Waals surface area contributed by atoms with Crippen molar-refractivity contribution in [3.63, 3.8) is 0 Å². The van der Waals surface area contributed by atoms with Gasteiger partial charge in [0.25, 0.3) is 11.8 Å². The number of halogens is 1. The highest BCUT2D eigenvalue weighted by Gasteiger charge is 2.36. The summed E-state index contributed by atoms with van der Waals surface area (Å²) in [6, 6.07) is 9.43. The zero-order valence-electron chi connectivity index (χ0n) is 12.6. The van der Waals surface area contributed by atoms with E-state index in [1.54, 1.807) is 24.3 Å². The Kier molecular flexibility index (Phi) is 4.28. The number of nitrogens with zero attached hydrogens (tertiary/aromatic N) is 1. The van der Waals surface area contributed by atoms with Crippen molar-refractivity contribution < 1.29 is 24.6 Å². The Morgan fingerprint density at radius 3 is 2.28 bits per heavy atom. The predicted octanol–water partition coefficient (Wildman–Crippen LogP) is 2.53. The smallest absolute Gasteiger partial charge is 0.335 e. The Balaban J connectivity index is 2.01. The number of phenolic OH excluding ortho intramolecular Hbond substituents is 2. The lowest BCUT2D eigenvalue weighted by molar-refractivity contribution is -0.122. The lowest BCUT2D eigenvalue weighted by Crippen LogP contribution is -2.54. The summed E-state index contributed by atoms with van der Waals surface area (Å²) >= 11 is 3.26. The number of urea groups is 1. The van der Waals surface area contributed by atoms with Crippen molar-refractivity contribution in [1.29, 1.82) is 0 Å². The molecule has 8 heteroatoms. The topological polar surface area (TPSA) is 107 Å². The number of amides is 4. The number of carbonyl (C=O) groups is 3. The Morgan fingerprint density at radius 2 is 1.64 bits per heavy atom. The van der Waals surface area contributed by atoms with Crippen LogP contribution < -0.4 is 10.2 Å². The number of rotatable bonds is 2. The maximum atomic E-state index is 12.6. The molecule has 1 aliphatic rings. The molecule has 1 heterocycles. The van der Waals surface area contributed by atoms with Crippen LogP contribution in [-0.4, -0.2) is 28.1 Å². The normalized spacial score (nSPS) is 16.3. The molecule has 0 unspecified atom stereocenters. The molecule has 2 aromatic carbocycles. The molecule has 25 heavy (non-hydrogen) atoms. The standard InChI is InChI=1S/C17H11BrN2O5/c18-10-2-4-11(5-3-10)20-16(24)12(15(23)19-17(20)25)7-9-1-6-13(21)14(22)8-9/h1-8,21-22H,(H,19,23,25)/b12-7+. The van der Waals surface area contributed by atoms with E-state index in [0.29, 0.717) is 11.3 Å². The number of benzene rings is 2. The number of aromatic hydroxyl groups is 2. The Labute approximate surface area is 150 Å². The average molecular weight is 403 g/mol. The first-order chi connectivity index (χ1) is 11.9. The fourth-order valence-electron chi connectivity index (χ4n) is 2.28. The molecule has 3 N–H and O–H groups in total. The van der Waals surface area contributed by atoms with Gasteiger partial charge in [-0.1, -0.05) is 22.0 Å². The first-order valence-corrected chi connectivity index (χ1v) is 7.85. The van der Waals surface area contributed by atoms with Crippen molar-refractivity contribution in [1.82, 2.24) is 5.32 Å². The van der Waals surface area contributed by atoms with Gasteiger partial charge in [0, 0.05) is 4.47 Å². The van der Waals surface area contributed by atoms with Crippen molar-refractivity contribution in [3.05, 3.63) is 58.1 Å². The Hall–Kier alpha value is -3.13. The number of hydrogen-bond donors (Lipinski definition) is 3. The zero-order chi connectivity index (χ0) is 18.1. The number of hydrogen-bond acceptors (Lipinski definition) is 5. The number of imide groups is 2. The van der Waals surface area contributed by atoms with Crippen molar-refractivity contribution in [3.8, 4) is 11.5 Å². The molecule has 0 spiro atoms. The van der Waals surface area contributed by atoms with E-state index in [1.807, 2.05) is 0 Å². The van der Waals surface area contributed by atoms with Crippen molar-refractivity contribution in [2.24, 2.45) is 0 Å². The number of carbonyl (C=O) groups excluding carboxylic acids is 3. The van der Waals surface area contributed by atoms with Crippen LogP contribution in [0.5, 0.6) is 11.5 Å². The van der Waals surface area contributed by atoms with Crippen LogP contribution in [0.3, 0.4) is 0 Å². The van der Waals surface area contributed by atoms with Gasteiger partial charge in [-0.25, -0.2) is 9.69 Å². The molecule has 126 valence electrons. The van der Waals surface area contributed by atoms with E-state index in [9.17, 15) is 24.6 Å². The van der Waals surface area contributed by atoms with E-state index in [2.05, 4.69) is 21.2 Å². The number of anilines is 1. The van der Waals surface area contributed by atoms with Gasteiger partial charge < -0.3 is 10.2 Å². The molecule has 4 amide bonds. The summed E-state index contributed by atoms with van der Waals surface area (Å²) in [6.45, 7) is 0. The molecule has 0 radical (unpaired) electrons. The van der Waals surface area contributed by atoms with Crippen LogP contribution in [-0.2, 0) is 9.59 Å². The van der Waals surface area contributed by atoms with Gasteiger partial charge in [0.2, 0.25) is 0 Å². The van der Waals surface area contributed by atoms with Crippen LogP contribution in [0.2, 0.25) is 0 Å². The van der Waals surface area contributed by atoms with Crippen LogP contribution in [0.15, 0.2) is 52.5 Å². The van der Waals surface area contributed by atoms with Gasteiger partial charge in [0.1, 0.15) is 5.57 Å². The summed E-state index contributed by atoms with van der Waals surface area (Å²) in [6.07, 6.45) is 1.23. The third-order valence-electron chi connectivity index (χ3n) is 3.50. The molecule has 3 rings (SSSR count). The molecule has 2 aromatic rings. The fraction of sp³-hybridized carbons (Fsp3) is 0. The van der Waals surface area contributed by atoms with Gasteiger partial charge >= 0.3 is 6.03 Å². The van der Waals surface area contributed by atoms with Gasteiger partial charge in [-0.2, -0.15) is 0 Å². The van der Waals surface area contributed by atoms with Crippen LogP contribution in [0.1, 0.15) is 5.56 Å². The number of barbiturate groups is 1. The summed E-state index contributed by atoms with van der Waals surface area (Å²) in [5, 5.41) is 21.0. The highest BCUT2D eigenvalue weighted by Crippen LogP contribution is 2.27. The highest BCUT2D eigenvalue weighted by atomic mass is 79.9. The van der Waals surface area contributed by atoms with Gasteiger partial charge in [-0.3, -0.25) is 14.9 Å². The van der Waals surface area contributed by atoms with E-state index in [1.165, 1.54) is 24.3 Å². The quantitative estimate of drug-likeness (QED) is 0.406. The third kappa shape index (κ3) is 3.24. The summed E-state index contributed by atoms with van der Waals surface area (Å²) in [5.74, 6) is -2.34. The summed E-state index contributed by atoms with van der Waals surface area (Å²) in [7, 11) is 0. The Bertz CT molecular complexity index is 921. The molecular formula is C17H11BrN2O5. The molecule has 1 aliphatic heterocycles. The molecule has 0 aliphatic carbocycles. The second-order valence-electron chi connectivity index (χ2n) is 5.18. The van der Waals surface area contributed by atoms with E-state index >= 15 is 0 Å². The lowest BCUT2D eigenvalue weighted by atomic mass is 10.1. The van der Waals surface area contributed by atoms with Gasteiger partial charge in [-0.15, -0.1) is 0 Å². The van der Waals surface area contributed by atoms with Crippen LogP contribution in [0.25, 0.3) is 6.08 Å². The predicted molar refractivity (Wildman–Crippen MR) is 92.9 cm³/mol. The van der Waals surface area contributed by atoms with Crippen molar-refractivity contribution >= 4 is 45.5 Å². The van der Waals surface area contributed by atoms with Crippen molar-refractivity contribution in [2.75, 3.05) is 4.90 Å². The highest BCUT2D eigenvalue weighted by molar-refractivity contribution is 9.10. The van der Waals surface area contributed by atoms with Crippen LogP contribution in [0.4, 0.5) is 10.5 Å². The van der Waals surface area contributed by atoms with Gasteiger partial charge in [0.05, 0.1) is 5.69 Å². The van der Waals surface area contributed by atoms with Crippen LogP contribution in [0, 0.1) is 0 Å². The third-order valence-corrected chi connectivity index (χ3v) is 4.03.